The van der Waals surface area contributed by atoms with Crippen molar-refractivity contribution in [3.63, 3.8) is 0 Å². The molecule has 7 rings (SSSR count). The van der Waals surface area contributed by atoms with Crippen LogP contribution in [0.15, 0.2) is 97.1 Å². The van der Waals surface area contributed by atoms with Crippen molar-refractivity contribution in [2.75, 3.05) is 19.6 Å². The summed E-state index contributed by atoms with van der Waals surface area (Å²) in [4.78, 5) is 18.6. The predicted molar refractivity (Wildman–Crippen MR) is 181 cm³/mol. The number of benzene rings is 4. The van der Waals surface area contributed by atoms with Gasteiger partial charge in [0.1, 0.15) is 0 Å². The molecule has 0 amide bonds. The van der Waals surface area contributed by atoms with E-state index in [0.29, 0.717) is 24.2 Å². The van der Waals surface area contributed by atoms with Gasteiger partial charge in [0.15, 0.2) is 5.78 Å². The summed E-state index contributed by atoms with van der Waals surface area (Å²) in [6, 6.07) is 35.5. The molecule has 1 fully saturated rings. The number of rotatable bonds is 7. The monoisotopic (exact) mass is 612 g/mol. The third-order valence-electron chi connectivity index (χ3n) is 9.69. The van der Waals surface area contributed by atoms with Crippen molar-refractivity contribution in [1.82, 2.24) is 9.80 Å². The number of nitrogens with zero attached hydrogens (tertiary/aromatic N) is 2. The minimum absolute atomic E-state index is 0. The van der Waals surface area contributed by atoms with Gasteiger partial charge in [-0.15, -0.1) is 24.8 Å². The summed E-state index contributed by atoms with van der Waals surface area (Å²) < 4.78 is 0. The number of piperidine rings is 1. The fourth-order valence-electron chi connectivity index (χ4n) is 7.48. The van der Waals surface area contributed by atoms with Gasteiger partial charge in [0.05, 0.1) is 6.04 Å². The van der Waals surface area contributed by atoms with Gasteiger partial charge in [0.2, 0.25) is 0 Å². The highest BCUT2D eigenvalue weighted by atomic mass is 35.5. The fraction of sp³-hybridized carbons (Fsp3) is 0.342. The molecule has 0 spiro atoms. The van der Waals surface area contributed by atoms with Gasteiger partial charge >= 0.3 is 0 Å². The minimum atomic E-state index is 0. The molecule has 4 aromatic carbocycles. The molecule has 0 N–H and O–H groups in total. The topological polar surface area (TPSA) is 23.6 Å². The third-order valence-corrected chi connectivity index (χ3v) is 9.69. The van der Waals surface area contributed by atoms with Crippen LogP contribution in [0, 0.1) is 5.92 Å². The van der Waals surface area contributed by atoms with E-state index in [2.05, 4.69) is 107 Å². The molecule has 0 radical (unpaired) electrons. The Bertz CT molecular complexity index is 1480. The Morgan fingerprint density at radius 2 is 1.37 bits per heavy atom. The molecule has 3 nitrogen and oxygen atoms in total. The number of fused-ring (bicyclic) bond motifs is 4. The molecule has 2 aliphatic heterocycles. The molecular formula is C38H42Cl2N2O. The van der Waals surface area contributed by atoms with Crippen molar-refractivity contribution in [1.29, 1.82) is 0 Å². The molecule has 4 aromatic rings. The Balaban J connectivity index is 0.00000184. The Hall–Kier alpha value is -2.95. The molecule has 224 valence electrons. The summed E-state index contributed by atoms with van der Waals surface area (Å²) >= 11 is 0. The molecule has 0 bridgehead atoms. The SMILES string of the molecule is Cl.Cl.O=C(CCC1CCN(C2c3ccccc3-c3ccccc32)CC1)c1ccc2c(c1)CN(Cc1ccccc1)CCC2. The highest BCUT2D eigenvalue weighted by molar-refractivity contribution is 5.96. The number of Topliss-reactive ketones (excluding diaryl/α,β-unsaturated/α-hetero) is 1. The van der Waals surface area contributed by atoms with Crippen LogP contribution < -0.4 is 0 Å². The van der Waals surface area contributed by atoms with E-state index in [-0.39, 0.29) is 24.8 Å². The maximum Gasteiger partial charge on any atom is 0.162 e. The first-order chi connectivity index (χ1) is 20.2. The van der Waals surface area contributed by atoms with Crippen LogP contribution in [0.25, 0.3) is 11.1 Å². The van der Waals surface area contributed by atoms with Gasteiger partial charge in [-0.2, -0.15) is 0 Å². The van der Waals surface area contributed by atoms with E-state index in [1.807, 2.05) is 0 Å². The van der Waals surface area contributed by atoms with Gasteiger partial charge in [-0.25, -0.2) is 0 Å². The lowest BCUT2D eigenvalue weighted by atomic mass is 9.88. The van der Waals surface area contributed by atoms with Gasteiger partial charge in [-0.3, -0.25) is 14.6 Å². The zero-order valence-electron chi connectivity index (χ0n) is 24.8. The number of carbonyl (C=O) groups is 1. The normalized spacial score (nSPS) is 17.1. The summed E-state index contributed by atoms with van der Waals surface area (Å²) in [6.07, 6.45) is 6.28. The minimum Gasteiger partial charge on any atom is -0.295 e. The average Bonchev–Trinajstić information content (AvgIpc) is 3.22. The van der Waals surface area contributed by atoms with Gasteiger partial charge in [0, 0.05) is 25.1 Å². The maximum absolute atomic E-state index is 13.4. The lowest BCUT2D eigenvalue weighted by molar-refractivity contribution is 0.0956. The summed E-state index contributed by atoms with van der Waals surface area (Å²) in [5, 5.41) is 0. The van der Waals surface area contributed by atoms with Gasteiger partial charge in [0.25, 0.3) is 0 Å². The van der Waals surface area contributed by atoms with E-state index in [4.69, 9.17) is 0 Å². The van der Waals surface area contributed by atoms with Gasteiger partial charge < -0.3 is 0 Å². The number of aryl methyl sites for hydroxylation is 1. The van der Waals surface area contributed by atoms with E-state index in [9.17, 15) is 4.79 Å². The second-order valence-corrected chi connectivity index (χ2v) is 12.3. The number of carbonyl (C=O) groups excluding carboxylic acids is 1. The molecule has 0 aromatic heterocycles. The van der Waals surface area contributed by atoms with Crippen LogP contribution in [0.1, 0.15) is 76.3 Å². The van der Waals surface area contributed by atoms with Crippen molar-refractivity contribution < 1.29 is 4.79 Å². The Morgan fingerprint density at radius 1 is 0.721 bits per heavy atom. The molecule has 0 unspecified atom stereocenters. The van der Waals surface area contributed by atoms with Crippen LogP contribution in [-0.4, -0.2) is 35.2 Å². The molecule has 43 heavy (non-hydrogen) atoms. The van der Waals surface area contributed by atoms with E-state index in [1.165, 1.54) is 58.2 Å². The lowest BCUT2D eigenvalue weighted by Gasteiger charge is -2.37. The van der Waals surface area contributed by atoms with Gasteiger partial charge in [-0.1, -0.05) is 91.0 Å². The number of likely N-dealkylation sites (tertiary alicyclic amines) is 1. The van der Waals surface area contributed by atoms with Crippen molar-refractivity contribution in [3.05, 3.63) is 130 Å². The molecule has 0 saturated carbocycles. The van der Waals surface area contributed by atoms with Gasteiger partial charge in [-0.05, 0) is 103 Å². The Morgan fingerprint density at radius 3 is 2.07 bits per heavy atom. The predicted octanol–water partition coefficient (Wildman–Crippen LogP) is 8.92. The van der Waals surface area contributed by atoms with E-state index in [0.717, 1.165) is 51.1 Å². The van der Waals surface area contributed by atoms with Crippen LogP contribution in [0.4, 0.5) is 0 Å². The summed E-state index contributed by atoms with van der Waals surface area (Å²) in [5.41, 5.74) is 10.7. The smallest absolute Gasteiger partial charge is 0.162 e. The zero-order chi connectivity index (χ0) is 27.6. The van der Waals surface area contributed by atoms with E-state index < -0.39 is 0 Å². The Labute approximate surface area is 269 Å². The highest BCUT2D eigenvalue weighted by Gasteiger charge is 2.34. The van der Waals surface area contributed by atoms with E-state index >= 15 is 0 Å². The molecule has 1 aliphatic carbocycles. The highest BCUT2D eigenvalue weighted by Crippen LogP contribution is 2.47. The van der Waals surface area contributed by atoms with Crippen molar-refractivity contribution >= 4 is 30.6 Å². The van der Waals surface area contributed by atoms with E-state index in [1.54, 1.807) is 0 Å². The summed E-state index contributed by atoms with van der Waals surface area (Å²) in [6.45, 7) is 5.20. The second-order valence-electron chi connectivity index (χ2n) is 12.3. The van der Waals surface area contributed by atoms with Crippen molar-refractivity contribution in [3.8, 4) is 11.1 Å². The second kappa shape index (κ2) is 14.2. The summed E-state index contributed by atoms with van der Waals surface area (Å²) in [7, 11) is 0. The quantitative estimate of drug-likeness (QED) is 0.195. The molecular weight excluding hydrogens is 571 g/mol. The first kappa shape index (κ1) is 31.5. The van der Waals surface area contributed by atoms with Crippen LogP contribution in [0.2, 0.25) is 0 Å². The fourth-order valence-corrected chi connectivity index (χ4v) is 7.48. The molecule has 5 heteroatoms. The molecule has 3 aliphatic rings. The molecule has 2 heterocycles. The average molecular weight is 614 g/mol. The third kappa shape index (κ3) is 6.76. The number of halogens is 2. The molecule has 1 saturated heterocycles. The zero-order valence-corrected chi connectivity index (χ0v) is 26.4. The standard InChI is InChI=1S/C38H40N2O.2ClH/c41-37(31-18-17-30-11-8-22-39(27-32(30)25-31)26-29-9-2-1-3-10-29)19-16-28-20-23-40(24-21-28)38-35-14-6-4-12-33(35)34-13-5-7-15-36(34)38;;/h1-7,9-10,12-15,17-18,25,28,38H,8,11,16,19-24,26-27H2;2*1H. The van der Waals surface area contributed by atoms with Crippen LogP contribution >= 0.6 is 24.8 Å². The first-order valence-corrected chi connectivity index (χ1v) is 15.6. The van der Waals surface area contributed by atoms with Crippen molar-refractivity contribution in [2.24, 2.45) is 5.92 Å². The first-order valence-electron chi connectivity index (χ1n) is 15.6. The lowest BCUT2D eigenvalue weighted by Crippen LogP contribution is -2.36. The van der Waals surface area contributed by atoms with Crippen LogP contribution in [0.5, 0.6) is 0 Å². The maximum atomic E-state index is 13.4. The number of ketones is 1. The summed E-state index contributed by atoms with van der Waals surface area (Å²) in [5.74, 6) is 0.942. The number of hydrogen-bond donors (Lipinski definition) is 0. The van der Waals surface area contributed by atoms with Crippen LogP contribution in [0.3, 0.4) is 0 Å². The number of hydrogen-bond acceptors (Lipinski definition) is 3. The van der Waals surface area contributed by atoms with Crippen LogP contribution in [-0.2, 0) is 19.5 Å². The largest absolute Gasteiger partial charge is 0.295 e. The van der Waals surface area contributed by atoms with Crippen molar-refractivity contribution in [2.45, 2.75) is 57.7 Å². The molecule has 0 atom stereocenters. The Kier molecular flexibility index (Phi) is 10.4.